The summed E-state index contributed by atoms with van der Waals surface area (Å²) < 4.78 is 58.4. The molecule has 0 bridgehead atoms. The number of carbonyl (C=O) groups excluding carboxylic acids is 2. The van der Waals surface area contributed by atoms with Crippen molar-refractivity contribution in [3.05, 3.63) is 59.4 Å². The van der Waals surface area contributed by atoms with E-state index in [2.05, 4.69) is 5.32 Å². The first kappa shape index (κ1) is 24.8. The van der Waals surface area contributed by atoms with Crippen LogP contribution in [0, 0.1) is 11.2 Å². The number of rotatable bonds is 4. The number of likely N-dealkylation sites (tertiary alicyclic amines) is 2. The second kappa shape index (κ2) is 9.75. The van der Waals surface area contributed by atoms with Crippen molar-refractivity contribution in [2.45, 2.75) is 31.9 Å². The zero-order valence-electron chi connectivity index (χ0n) is 19.3. The van der Waals surface area contributed by atoms with Gasteiger partial charge in [0, 0.05) is 26.2 Å². The monoisotopic (exact) mass is 493 g/mol. The number of nitrogens with one attached hydrogen (secondary N) is 1. The van der Waals surface area contributed by atoms with E-state index < -0.39 is 29.3 Å². The molecule has 2 aromatic carbocycles. The van der Waals surface area contributed by atoms with Crippen LogP contribution in [0.3, 0.4) is 0 Å². The Bertz CT molecular complexity index is 1100. The molecule has 6 nitrogen and oxygen atoms in total. The van der Waals surface area contributed by atoms with Gasteiger partial charge in [0.05, 0.1) is 24.8 Å². The average molecular weight is 494 g/mol. The molecule has 0 atom stereocenters. The molecule has 2 heterocycles. The predicted octanol–water partition coefficient (Wildman–Crippen LogP) is 4.94. The number of benzene rings is 2. The first-order valence-corrected chi connectivity index (χ1v) is 11.4. The normalized spacial score (nSPS) is 17.5. The Balaban J connectivity index is 1.32. The maximum atomic E-state index is 14.3. The van der Waals surface area contributed by atoms with Crippen molar-refractivity contribution < 1.29 is 31.9 Å². The summed E-state index contributed by atoms with van der Waals surface area (Å²) >= 11 is 0. The van der Waals surface area contributed by atoms with E-state index in [0.29, 0.717) is 38.0 Å². The summed E-state index contributed by atoms with van der Waals surface area (Å²) in [7, 11) is 1.58. The Kier molecular flexibility index (Phi) is 6.91. The lowest BCUT2D eigenvalue weighted by molar-refractivity contribution is -0.140. The van der Waals surface area contributed by atoms with Crippen LogP contribution in [0.5, 0.6) is 5.75 Å². The van der Waals surface area contributed by atoms with Gasteiger partial charge < -0.3 is 19.9 Å². The number of hydrogen-bond acceptors (Lipinski definition) is 3. The molecule has 0 unspecified atom stereocenters. The zero-order valence-corrected chi connectivity index (χ0v) is 19.3. The van der Waals surface area contributed by atoms with Crippen LogP contribution in [0.2, 0.25) is 0 Å². The first-order valence-electron chi connectivity index (χ1n) is 11.4. The lowest BCUT2D eigenvalue weighted by Gasteiger charge is -2.39. The minimum Gasteiger partial charge on any atom is -0.497 e. The number of amides is 3. The van der Waals surface area contributed by atoms with E-state index in [9.17, 15) is 27.2 Å². The Labute approximate surface area is 200 Å². The summed E-state index contributed by atoms with van der Waals surface area (Å²) in [4.78, 5) is 28.8. The Morgan fingerprint density at radius 2 is 1.69 bits per heavy atom. The van der Waals surface area contributed by atoms with Crippen molar-refractivity contribution in [2.24, 2.45) is 5.41 Å². The van der Waals surface area contributed by atoms with Gasteiger partial charge in [-0.1, -0.05) is 18.2 Å². The van der Waals surface area contributed by atoms with Crippen LogP contribution in [0.15, 0.2) is 42.5 Å². The highest BCUT2D eigenvalue weighted by Crippen LogP contribution is 2.41. The molecular weight excluding hydrogens is 466 g/mol. The molecule has 0 aromatic heterocycles. The smallest absolute Gasteiger partial charge is 0.419 e. The molecule has 1 spiro atoms. The highest BCUT2D eigenvalue weighted by atomic mass is 19.4. The highest BCUT2D eigenvalue weighted by molar-refractivity contribution is 5.90. The summed E-state index contributed by atoms with van der Waals surface area (Å²) in [5.41, 5.74) is -1.20. The Hall–Kier alpha value is -3.30. The van der Waals surface area contributed by atoms with Crippen molar-refractivity contribution in [3.63, 3.8) is 0 Å². The van der Waals surface area contributed by atoms with Crippen LogP contribution >= 0.6 is 0 Å². The number of ether oxygens (including phenoxy) is 1. The van der Waals surface area contributed by atoms with E-state index >= 15 is 0 Å². The molecule has 10 heteroatoms. The van der Waals surface area contributed by atoms with Crippen LogP contribution < -0.4 is 10.1 Å². The molecule has 35 heavy (non-hydrogen) atoms. The number of hydrogen-bond donors (Lipinski definition) is 1. The number of anilines is 1. The van der Waals surface area contributed by atoms with Crippen molar-refractivity contribution in [2.75, 3.05) is 38.6 Å². The van der Waals surface area contributed by atoms with E-state index in [0.717, 1.165) is 37.0 Å². The van der Waals surface area contributed by atoms with Gasteiger partial charge in [0.25, 0.3) is 0 Å². The fourth-order valence-electron chi connectivity index (χ4n) is 4.86. The minimum atomic E-state index is -4.85. The first-order chi connectivity index (χ1) is 16.6. The van der Waals surface area contributed by atoms with Gasteiger partial charge in [0.15, 0.2) is 5.82 Å². The maximum absolute atomic E-state index is 14.3. The van der Waals surface area contributed by atoms with Crippen molar-refractivity contribution in [1.29, 1.82) is 0 Å². The van der Waals surface area contributed by atoms with Gasteiger partial charge in [0.2, 0.25) is 5.91 Å². The van der Waals surface area contributed by atoms with E-state index in [1.54, 1.807) is 7.11 Å². The fraction of sp³-hybridized carbons (Fsp3) is 0.440. The van der Waals surface area contributed by atoms with Gasteiger partial charge in [-0.15, -0.1) is 0 Å². The molecule has 2 aromatic rings. The fourth-order valence-corrected chi connectivity index (χ4v) is 4.86. The van der Waals surface area contributed by atoms with Crippen LogP contribution in [0.25, 0.3) is 0 Å². The molecule has 0 radical (unpaired) electrons. The SMILES string of the molecule is COc1cccc(CC(=O)N2CCC3(CC2)CCN(C(=O)Nc2cccc(C(F)(F)F)c2F)C3)c1. The quantitative estimate of drug-likeness (QED) is 0.614. The van der Waals surface area contributed by atoms with Crippen LogP contribution in [-0.2, 0) is 17.4 Å². The summed E-state index contributed by atoms with van der Waals surface area (Å²) in [5.74, 6) is -0.770. The predicted molar refractivity (Wildman–Crippen MR) is 122 cm³/mol. The number of methoxy groups -OCH3 is 1. The number of halogens is 4. The van der Waals surface area contributed by atoms with Gasteiger partial charge in [-0.3, -0.25) is 4.79 Å². The Morgan fingerprint density at radius 1 is 1.03 bits per heavy atom. The standard InChI is InChI=1S/C25H27F4N3O3/c1-35-18-5-2-4-17(14-18)15-21(33)31-11-8-24(9-12-31)10-13-32(16-24)23(34)30-20-7-3-6-19(22(20)26)25(27,28)29/h2-7,14H,8-13,15-16H2,1H3,(H,30,34). The average Bonchev–Trinajstić information content (AvgIpc) is 3.23. The van der Waals surface area contributed by atoms with E-state index in [-0.39, 0.29) is 17.7 Å². The molecular formula is C25H27F4N3O3. The van der Waals surface area contributed by atoms with E-state index in [1.165, 1.54) is 4.90 Å². The molecule has 1 N–H and O–H groups in total. The summed E-state index contributed by atoms with van der Waals surface area (Å²) in [6, 6.07) is 9.57. The molecule has 3 amide bonds. The lowest BCUT2D eigenvalue weighted by Crippen LogP contribution is -2.45. The van der Waals surface area contributed by atoms with Gasteiger partial charge in [-0.05, 0) is 54.5 Å². The number of nitrogens with zero attached hydrogens (tertiary/aromatic N) is 2. The molecule has 188 valence electrons. The van der Waals surface area contributed by atoms with Crippen LogP contribution in [0.1, 0.15) is 30.4 Å². The third-order valence-electron chi connectivity index (χ3n) is 6.94. The molecule has 2 aliphatic rings. The number of urea groups is 1. The second-order valence-corrected chi connectivity index (χ2v) is 9.18. The van der Waals surface area contributed by atoms with Crippen molar-refractivity contribution in [3.8, 4) is 5.75 Å². The van der Waals surface area contributed by atoms with Gasteiger partial charge in [-0.2, -0.15) is 13.2 Å². The molecule has 2 fully saturated rings. The third kappa shape index (κ3) is 5.52. The van der Waals surface area contributed by atoms with Gasteiger partial charge in [0.1, 0.15) is 5.75 Å². The van der Waals surface area contributed by atoms with Crippen molar-refractivity contribution in [1.82, 2.24) is 9.80 Å². The van der Waals surface area contributed by atoms with Crippen LogP contribution in [0.4, 0.5) is 28.0 Å². The number of alkyl halides is 3. The van der Waals surface area contributed by atoms with E-state index in [4.69, 9.17) is 4.74 Å². The van der Waals surface area contributed by atoms with Gasteiger partial charge >= 0.3 is 12.2 Å². The zero-order chi connectivity index (χ0) is 25.2. The topological polar surface area (TPSA) is 61.9 Å². The molecule has 0 aliphatic carbocycles. The highest BCUT2D eigenvalue weighted by Gasteiger charge is 2.43. The third-order valence-corrected chi connectivity index (χ3v) is 6.94. The van der Waals surface area contributed by atoms with E-state index in [1.807, 2.05) is 29.2 Å². The molecule has 4 rings (SSSR count). The summed E-state index contributed by atoms with van der Waals surface area (Å²) in [5, 5.41) is 2.29. The van der Waals surface area contributed by atoms with Crippen molar-refractivity contribution >= 4 is 17.6 Å². The molecule has 2 saturated heterocycles. The minimum absolute atomic E-state index is 0.0284. The molecule has 0 saturated carbocycles. The Morgan fingerprint density at radius 3 is 2.34 bits per heavy atom. The number of piperidine rings is 1. The largest absolute Gasteiger partial charge is 0.497 e. The lowest BCUT2D eigenvalue weighted by atomic mass is 9.77. The second-order valence-electron chi connectivity index (χ2n) is 9.18. The summed E-state index contributed by atoms with van der Waals surface area (Å²) in [6.07, 6.45) is -2.40. The maximum Gasteiger partial charge on any atom is 0.419 e. The van der Waals surface area contributed by atoms with Gasteiger partial charge in [-0.25, -0.2) is 9.18 Å². The molecule has 2 aliphatic heterocycles. The van der Waals surface area contributed by atoms with Crippen LogP contribution in [-0.4, -0.2) is 55.0 Å². The summed E-state index contributed by atoms with van der Waals surface area (Å²) in [6.45, 7) is 1.97. The number of carbonyl (C=O) groups is 2.